The number of thioether (sulfide) groups is 1. The van der Waals surface area contributed by atoms with Crippen molar-refractivity contribution in [3.63, 3.8) is 0 Å². The molecule has 1 aliphatic rings. The first-order chi connectivity index (χ1) is 7.99. The Bertz CT molecular complexity index is 298. The molecule has 1 saturated heterocycles. The highest BCUT2D eigenvalue weighted by Gasteiger charge is 2.37. The molecule has 0 aromatic carbocycles. The molecule has 0 aromatic rings. The molecular formula is C10H18N2O4S. The lowest BCUT2D eigenvalue weighted by molar-refractivity contribution is -0.141. The van der Waals surface area contributed by atoms with E-state index in [1.54, 1.807) is 0 Å². The summed E-state index contributed by atoms with van der Waals surface area (Å²) in [6, 6.07) is -1.13. The maximum atomic E-state index is 12.2. The molecule has 1 fully saturated rings. The second-order valence-corrected chi connectivity index (χ2v) is 5.12. The van der Waals surface area contributed by atoms with Crippen molar-refractivity contribution in [1.29, 1.82) is 0 Å². The first kappa shape index (κ1) is 14.1. The fraction of sp³-hybridized carbons (Fsp3) is 0.800. The minimum atomic E-state index is -0.976. The Morgan fingerprint density at radius 2 is 2.18 bits per heavy atom. The van der Waals surface area contributed by atoms with E-state index in [9.17, 15) is 9.59 Å². The molecule has 17 heavy (non-hydrogen) atoms. The third kappa shape index (κ3) is 3.26. The number of carboxylic acids is 1. The second kappa shape index (κ2) is 6.11. The number of carbonyl (C=O) groups excluding carboxylic acids is 1. The number of rotatable bonds is 4. The van der Waals surface area contributed by atoms with Gasteiger partial charge in [0.2, 0.25) is 0 Å². The molecule has 2 amide bonds. The van der Waals surface area contributed by atoms with E-state index in [0.29, 0.717) is 11.6 Å². The van der Waals surface area contributed by atoms with Crippen LogP contribution in [0.5, 0.6) is 0 Å². The first-order valence-corrected chi connectivity index (χ1v) is 6.63. The van der Waals surface area contributed by atoms with Gasteiger partial charge in [-0.05, 0) is 13.8 Å². The summed E-state index contributed by atoms with van der Waals surface area (Å²) in [6.07, 6.45) is 0. The number of carboxylic acid groups (broad SMARTS) is 1. The van der Waals surface area contributed by atoms with Crippen LogP contribution in [0.2, 0.25) is 0 Å². The Morgan fingerprint density at radius 1 is 1.53 bits per heavy atom. The minimum Gasteiger partial charge on any atom is -0.480 e. The second-order valence-electron chi connectivity index (χ2n) is 4.12. The van der Waals surface area contributed by atoms with Crippen molar-refractivity contribution in [2.24, 2.45) is 0 Å². The van der Waals surface area contributed by atoms with Gasteiger partial charge in [-0.3, -0.25) is 0 Å². The van der Waals surface area contributed by atoms with Crippen molar-refractivity contribution >= 4 is 23.8 Å². The normalized spacial score (nSPS) is 19.8. The third-order valence-corrected chi connectivity index (χ3v) is 3.64. The van der Waals surface area contributed by atoms with E-state index < -0.39 is 12.0 Å². The molecule has 7 heteroatoms. The van der Waals surface area contributed by atoms with Gasteiger partial charge in [0.05, 0.1) is 12.5 Å². The number of hydrogen-bond acceptors (Lipinski definition) is 4. The third-order valence-electron chi connectivity index (χ3n) is 2.62. The Labute approximate surface area is 105 Å². The van der Waals surface area contributed by atoms with Gasteiger partial charge in [-0.15, -0.1) is 11.8 Å². The summed E-state index contributed by atoms with van der Waals surface area (Å²) >= 11 is 1.43. The van der Waals surface area contributed by atoms with E-state index >= 15 is 0 Å². The number of amides is 2. The number of aliphatic hydroxyl groups is 1. The van der Waals surface area contributed by atoms with Gasteiger partial charge in [-0.2, -0.15) is 0 Å². The van der Waals surface area contributed by atoms with Crippen LogP contribution >= 0.6 is 11.8 Å². The van der Waals surface area contributed by atoms with Crippen LogP contribution in [0, 0.1) is 0 Å². The van der Waals surface area contributed by atoms with Crippen molar-refractivity contribution in [2.75, 3.05) is 24.8 Å². The lowest BCUT2D eigenvalue weighted by Gasteiger charge is -2.32. The molecule has 98 valence electrons. The number of aliphatic hydroxyl groups excluding tert-OH is 1. The average Bonchev–Trinajstić information content (AvgIpc) is 2.73. The zero-order chi connectivity index (χ0) is 13.0. The van der Waals surface area contributed by atoms with Gasteiger partial charge in [0.25, 0.3) is 0 Å². The van der Waals surface area contributed by atoms with Gasteiger partial charge in [-0.25, -0.2) is 9.59 Å². The molecule has 1 atom stereocenters. The monoisotopic (exact) mass is 262 g/mol. The highest BCUT2D eigenvalue weighted by atomic mass is 32.2. The van der Waals surface area contributed by atoms with Crippen molar-refractivity contribution in [3.8, 4) is 0 Å². The molecule has 0 bridgehead atoms. The van der Waals surface area contributed by atoms with Gasteiger partial charge in [0.1, 0.15) is 6.04 Å². The van der Waals surface area contributed by atoms with Crippen molar-refractivity contribution in [2.45, 2.75) is 25.9 Å². The lowest BCUT2D eigenvalue weighted by atomic mass is 10.3. The molecule has 1 rings (SSSR count). The number of urea groups is 1. The quantitative estimate of drug-likeness (QED) is 0.760. The molecule has 0 aromatic heterocycles. The zero-order valence-electron chi connectivity index (χ0n) is 10.00. The highest BCUT2D eigenvalue weighted by molar-refractivity contribution is 7.99. The molecule has 0 radical (unpaired) electrons. The molecule has 0 saturated carbocycles. The van der Waals surface area contributed by atoms with Gasteiger partial charge in [0, 0.05) is 18.3 Å². The van der Waals surface area contributed by atoms with Crippen molar-refractivity contribution < 1.29 is 19.8 Å². The highest BCUT2D eigenvalue weighted by Crippen LogP contribution is 2.23. The maximum Gasteiger partial charge on any atom is 0.327 e. The molecule has 2 N–H and O–H groups in total. The standard InChI is InChI=1S/C10H18N2O4S/c1-7(2)11(3-4-13)10(16)12-6-17-5-8(12)9(14)15/h7-8,13H,3-6H2,1-2H3,(H,14,15)/t8-/m0/s1. The summed E-state index contributed by atoms with van der Waals surface area (Å²) in [6.45, 7) is 3.78. The molecule has 1 aliphatic heterocycles. The summed E-state index contributed by atoms with van der Waals surface area (Å²) in [5.41, 5.74) is 0. The summed E-state index contributed by atoms with van der Waals surface area (Å²) in [5, 5.41) is 17.9. The SMILES string of the molecule is CC(C)N(CCO)C(=O)N1CSC[C@H]1C(=O)O. The van der Waals surface area contributed by atoms with E-state index in [1.165, 1.54) is 21.6 Å². The summed E-state index contributed by atoms with van der Waals surface area (Å²) in [4.78, 5) is 26.0. The number of carbonyl (C=O) groups is 2. The van der Waals surface area contributed by atoms with Crippen LogP contribution in [0.1, 0.15) is 13.8 Å². The van der Waals surface area contributed by atoms with E-state index in [-0.39, 0.29) is 25.2 Å². The van der Waals surface area contributed by atoms with Crippen molar-refractivity contribution in [1.82, 2.24) is 9.80 Å². The van der Waals surface area contributed by atoms with Crippen LogP contribution in [0.25, 0.3) is 0 Å². The van der Waals surface area contributed by atoms with Crippen LogP contribution in [0.15, 0.2) is 0 Å². The van der Waals surface area contributed by atoms with Crippen LogP contribution in [0.4, 0.5) is 4.79 Å². The predicted octanol–water partition coefficient (Wildman–Crippen LogP) is 0.269. The van der Waals surface area contributed by atoms with Gasteiger partial charge in [0.15, 0.2) is 0 Å². The van der Waals surface area contributed by atoms with Gasteiger partial charge < -0.3 is 20.0 Å². The smallest absolute Gasteiger partial charge is 0.327 e. The number of hydrogen-bond donors (Lipinski definition) is 2. The lowest BCUT2D eigenvalue weighted by Crippen LogP contribution is -2.51. The van der Waals surface area contributed by atoms with Gasteiger partial charge in [-0.1, -0.05) is 0 Å². The van der Waals surface area contributed by atoms with Gasteiger partial charge >= 0.3 is 12.0 Å². The Morgan fingerprint density at radius 3 is 2.65 bits per heavy atom. The van der Waals surface area contributed by atoms with Crippen molar-refractivity contribution in [3.05, 3.63) is 0 Å². The van der Waals surface area contributed by atoms with Crippen LogP contribution in [-0.2, 0) is 4.79 Å². The topological polar surface area (TPSA) is 81.1 Å². The molecule has 0 aliphatic carbocycles. The van der Waals surface area contributed by atoms with E-state index in [1.807, 2.05) is 13.8 Å². The van der Waals surface area contributed by atoms with Crippen LogP contribution in [0.3, 0.4) is 0 Å². The van der Waals surface area contributed by atoms with Crippen LogP contribution in [-0.4, -0.2) is 68.9 Å². The largest absolute Gasteiger partial charge is 0.480 e. The number of nitrogens with zero attached hydrogens (tertiary/aromatic N) is 2. The molecular weight excluding hydrogens is 244 g/mol. The summed E-state index contributed by atoms with van der Waals surface area (Å²) in [7, 11) is 0. The maximum absolute atomic E-state index is 12.2. The Balaban J connectivity index is 2.75. The Hall–Kier alpha value is -0.950. The fourth-order valence-corrected chi connectivity index (χ4v) is 2.82. The molecule has 1 heterocycles. The Kier molecular flexibility index (Phi) is 5.07. The summed E-state index contributed by atoms with van der Waals surface area (Å²) in [5.74, 6) is -0.160. The molecule has 6 nitrogen and oxygen atoms in total. The average molecular weight is 262 g/mol. The molecule has 0 unspecified atom stereocenters. The fourth-order valence-electron chi connectivity index (χ4n) is 1.68. The van der Waals surface area contributed by atoms with E-state index in [2.05, 4.69) is 0 Å². The summed E-state index contributed by atoms with van der Waals surface area (Å²) < 4.78 is 0. The van der Waals surface area contributed by atoms with E-state index in [0.717, 1.165) is 0 Å². The molecule has 0 spiro atoms. The first-order valence-electron chi connectivity index (χ1n) is 5.47. The zero-order valence-corrected chi connectivity index (χ0v) is 10.8. The van der Waals surface area contributed by atoms with Crippen LogP contribution < -0.4 is 0 Å². The van der Waals surface area contributed by atoms with E-state index in [4.69, 9.17) is 10.2 Å². The minimum absolute atomic E-state index is 0.0605. The number of aliphatic carboxylic acids is 1. The predicted molar refractivity (Wildman–Crippen MR) is 64.9 cm³/mol.